The van der Waals surface area contributed by atoms with Gasteiger partial charge in [0.15, 0.2) is 0 Å². The lowest BCUT2D eigenvalue weighted by molar-refractivity contribution is 0.371. The van der Waals surface area contributed by atoms with Crippen molar-refractivity contribution in [1.82, 2.24) is 19.3 Å². The van der Waals surface area contributed by atoms with Gasteiger partial charge in [-0.2, -0.15) is 5.10 Å². The molecular weight excluding hydrogens is 390 g/mol. The second-order valence-corrected chi connectivity index (χ2v) is 6.63. The van der Waals surface area contributed by atoms with Crippen LogP contribution in [0.3, 0.4) is 0 Å². The maximum absolute atomic E-state index is 14.9. The van der Waals surface area contributed by atoms with Crippen molar-refractivity contribution in [2.75, 3.05) is 13.7 Å². The lowest BCUT2D eigenvalue weighted by Crippen LogP contribution is -2.04. The van der Waals surface area contributed by atoms with Gasteiger partial charge in [-0.05, 0) is 19.1 Å². The largest absolute Gasteiger partial charge is 0.497 e. The number of hydrogen-bond acceptors (Lipinski definition) is 4. The smallest absolute Gasteiger partial charge is 0.148 e. The van der Waals surface area contributed by atoms with E-state index in [1.807, 2.05) is 0 Å². The summed E-state index contributed by atoms with van der Waals surface area (Å²) in [7, 11) is 3.06. The van der Waals surface area contributed by atoms with E-state index < -0.39 is 11.6 Å². The second-order valence-electron chi connectivity index (χ2n) is 6.63. The fourth-order valence-electron chi connectivity index (χ4n) is 3.50. The Hall–Kier alpha value is -3.86. The summed E-state index contributed by atoms with van der Waals surface area (Å²) < 4.78 is 43.4. The van der Waals surface area contributed by atoms with E-state index in [0.717, 1.165) is 17.6 Å². The van der Waals surface area contributed by atoms with E-state index in [2.05, 4.69) is 16.0 Å². The van der Waals surface area contributed by atoms with E-state index in [4.69, 9.17) is 15.9 Å². The summed E-state index contributed by atoms with van der Waals surface area (Å²) in [6.07, 6.45) is 6.81. The number of hydrogen-bond donors (Lipinski definition) is 0. The highest BCUT2D eigenvalue weighted by molar-refractivity contribution is 5.83. The van der Waals surface area contributed by atoms with Gasteiger partial charge in [0.2, 0.25) is 0 Å². The number of nitrogens with zero attached hydrogens (tertiary/aromatic N) is 4. The normalized spacial score (nSPS) is 10.9. The van der Waals surface area contributed by atoms with E-state index >= 15 is 0 Å². The minimum Gasteiger partial charge on any atom is -0.497 e. The number of halogens is 2. The van der Waals surface area contributed by atoms with Crippen molar-refractivity contribution >= 4 is 11.0 Å². The van der Waals surface area contributed by atoms with E-state index in [9.17, 15) is 8.78 Å². The zero-order valence-electron chi connectivity index (χ0n) is 16.6. The molecule has 0 saturated carbocycles. The highest BCUT2D eigenvalue weighted by atomic mass is 19.1. The Morgan fingerprint density at radius 1 is 1.10 bits per heavy atom. The van der Waals surface area contributed by atoms with Crippen molar-refractivity contribution in [1.29, 1.82) is 0 Å². The molecule has 30 heavy (non-hydrogen) atoms. The minimum absolute atomic E-state index is 0.101. The number of aromatic nitrogens is 4. The Balaban J connectivity index is 1.92. The van der Waals surface area contributed by atoms with Crippen LogP contribution >= 0.6 is 0 Å². The molecule has 0 N–H and O–H groups in total. The van der Waals surface area contributed by atoms with Crippen molar-refractivity contribution in [3.8, 4) is 40.8 Å². The van der Waals surface area contributed by atoms with Crippen LogP contribution < -0.4 is 9.47 Å². The standard InChI is InChI=1S/C22H18F2N4O2/c1-5-8-30-14-6-7-19-18(11-14)25-12-28(19)22-20(13(2)26-27(22)3)21-16(23)9-15(29-4)10-17(21)24/h1,6-7,9-12H,8H2,2-4H3. The molecule has 4 aromatic rings. The summed E-state index contributed by atoms with van der Waals surface area (Å²) in [5.74, 6) is 2.10. The zero-order valence-corrected chi connectivity index (χ0v) is 16.6. The molecule has 2 aromatic heterocycles. The Morgan fingerprint density at radius 3 is 2.50 bits per heavy atom. The summed E-state index contributed by atoms with van der Waals surface area (Å²) in [4.78, 5) is 4.40. The molecule has 8 heteroatoms. The number of imidazole rings is 1. The van der Waals surface area contributed by atoms with Gasteiger partial charge in [-0.3, -0.25) is 9.25 Å². The van der Waals surface area contributed by atoms with Crippen molar-refractivity contribution in [2.45, 2.75) is 6.92 Å². The van der Waals surface area contributed by atoms with Gasteiger partial charge in [0.25, 0.3) is 0 Å². The van der Waals surface area contributed by atoms with Crippen LogP contribution in [-0.2, 0) is 7.05 Å². The number of aryl methyl sites for hydroxylation is 2. The van der Waals surface area contributed by atoms with Crippen molar-refractivity contribution in [2.24, 2.45) is 7.05 Å². The van der Waals surface area contributed by atoms with E-state index in [1.54, 1.807) is 47.7 Å². The molecule has 0 fully saturated rings. The Morgan fingerprint density at radius 2 is 1.83 bits per heavy atom. The Labute approximate surface area is 171 Å². The molecule has 0 atom stereocenters. The van der Waals surface area contributed by atoms with Gasteiger partial charge in [-0.1, -0.05) is 5.92 Å². The number of fused-ring (bicyclic) bond motifs is 1. The Bertz CT molecular complexity index is 1280. The molecular formula is C22H18F2N4O2. The summed E-state index contributed by atoms with van der Waals surface area (Å²) in [6, 6.07) is 7.61. The SMILES string of the molecule is C#CCOc1ccc2c(c1)ncn2-c1c(-c2c(F)cc(OC)cc2F)c(C)nn1C. The number of terminal acetylenes is 1. The third-order valence-electron chi connectivity index (χ3n) is 4.76. The van der Waals surface area contributed by atoms with Gasteiger partial charge in [0.05, 0.1) is 35.0 Å². The molecule has 0 spiro atoms. The van der Waals surface area contributed by atoms with E-state index in [0.29, 0.717) is 28.3 Å². The van der Waals surface area contributed by atoms with Crippen LogP contribution in [0.25, 0.3) is 28.0 Å². The number of rotatable bonds is 5. The first-order valence-corrected chi connectivity index (χ1v) is 9.05. The van der Waals surface area contributed by atoms with Crippen LogP contribution in [0.15, 0.2) is 36.7 Å². The molecule has 6 nitrogen and oxygen atoms in total. The van der Waals surface area contributed by atoms with Crippen molar-refractivity contribution in [3.05, 3.63) is 54.0 Å². The maximum atomic E-state index is 14.9. The highest BCUT2D eigenvalue weighted by Crippen LogP contribution is 2.37. The first kappa shape index (κ1) is 19.5. The van der Waals surface area contributed by atoms with Crippen LogP contribution in [0, 0.1) is 30.9 Å². The van der Waals surface area contributed by atoms with E-state index in [1.165, 1.54) is 7.11 Å². The molecule has 0 bridgehead atoms. The predicted octanol–water partition coefficient (Wildman–Crippen LogP) is 4.03. The molecule has 152 valence electrons. The first-order valence-electron chi connectivity index (χ1n) is 9.05. The Kier molecular flexibility index (Phi) is 4.88. The molecule has 0 unspecified atom stereocenters. The molecule has 0 amide bonds. The van der Waals surface area contributed by atoms with Gasteiger partial charge in [-0.15, -0.1) is 6.42 Å². The second kappa shape index (κ2) is 7.52. The first-order chi connectivity index (χ1) is 14.4. The maximum Gasteiger partial charge on any atom is 0.148 e. The van der Waals surface area contributed by atoms with Crippen molar-refractivity contribution in [3.63, 3.8) is 0 Å². The van der Waals surface area contributed by atoms with Gasteiger partial charge < -0.3 is 9.47 Å². The number of methoxy groups -OCH3 is 1. The topological polar surface area (TPSA) is 54.1 Å². The summed E-state index contributed by atoms with van der Waals surface area (Å²) >= 11 is 0. The van der Waals surface area contributed by atoms with Crippen LogP contribution in [0.2, 0.25) is 0 Å². The van der Waals surface area contributed by atoms with Gasteiger partial charge in [0, 0.05) is 25.2 Å². The van der Waals surface area contributed by atoms with Crippen LogP contribution in [0.4, 0.5) is 8.78 Å². The molecule has 4 rings (SSSR count). The average molecular weight is 408 g/mol. The molecule has 0 aliphatic carbocycles. The highest BCUT2D eigenvalue weighted by Gasteiger charge is 2.25. The van der Waals surface area contributed by atoms with Gasteiger partial charge >= 0.3 is 0 Å². The fourth-order valence-corrected chi connectivity index (χ4v) is 3.50. The van der Waals surface area contributed by atoms with Gasteiger partial charge in [-0.25, -0.2) is 13.8 Å². The summed E-state index contributed by atoms with van der Waals surface area (Å²) in [6.45, 7) is 1.85. The monoisotopic (exact) mass is 408 g/mol. The molecule has 2 aromatic carbocycles. The molecule has 0 radical (unpaired) electrons. The van der Waals surface area contributed by atoms with Crippen LogP contribution in [-0.4, -0.2) is 33.0 Å². The third-order valence-corrected chi connectivity index (χ3v) is 4.76. The summed E-state index contributed by atoms with van der Waals surface area (Å²) in [5.41, 5.74) is 2.01. The third kappa shape index (κ3) is 3.14. The quantitative estimate of drug-likeness (QED) is 0.468. The molecule has 2 heterocycles. The van der Waals surface area contributed by atoms with Crippen LogP contribution in [0.1, 0.15) is 5.69 Å². The van der Waals surface area contributed by atoms with Crippen LogP contribution in [0.5, 0.6) is 11.5 Å². The number of ether oxygens (including phenoxy) is 2. The number of benzene rings is 2. The van der Waals surface area contributed by atoms with Gasteiger partial charge in [0.1, 0.15) is 41.9 Å². The lowest BCUT2D eigenvalue weighted by atomic mass is 10.0. The molecule has 0 saturated heterocycles. The molecule has 0 aliphatic rings. The fraction of sp³-hybridized carbons (Fsp3) is 0.182. The predicted molar refractivity (Wildman–Crippen MR) is 109 cm³/mol. The minimum atomic E-state index is -0.737. The summed E-state index contributed by atoms with van der Waals surface area (Å²) in [5, 5.41) is 4.39. The average Bonchev–Trinajstić information content (AvgIpc) is 3.25. The lowest BCUT2D eigenvalue weighted by Gasteiger charge is -2.12. The zero-order chi connectivity index (χ0) is 21.4. The molecule has 0 aliphatic heterocycles. The van der Waals surface area contributed by atoms with Crippen molar-refractivity contribution < 1.29 is 18.3 Å². The van der Waals surface area contributed by atoms with E-state index in [-0.39, 0.29) is 17.9 Å².